The maximum atomic E-state index is 10.3. The van der Waals surface area contributed by atoms with Gasteiger partial charge in [-0.05, 0) is 12.1 Å². The number of pyridine rings is 1. The van der Waals surface area contributed by atoms with Gasteiger partial charge in [-0.25, -0.2) is 4.98 Å². The van der Waals surface area contributed by atoms with Crippen LogP contribution in [0.1, 0.15) is 10.6 Å². The zero-order valence-electron chi connectivity index (χ0n) is 6.68. The van der Waals surface area contributed by atoms with E-state index in [-0.39, 0.29) is 5.76 Å². The Hall–Kier alpha value is -1.97. The summed E-state index contributed by atoms with van der Waals surface area (Å²) in [6.07, 6.45) is 5.29. The highest BCUT2D eigenvalue weighted by atomic mass is 16.4. The summed E-state index contributed by atoms with van der Waals surface area (Å²) in [5, 5.41) is 0. The summed E-state index contributed by atoms with van der Waals surface area (Å²) in [6, 6.07) is 3.59. The average Bonchev–Trinajstić information content (AvgIpc) is 2.67. The van der Waals surface area contributed by atoms with Gasteiger partial charge in [0.1, 0.15) is 0 Å². The van der Waals surface area contributed by atoms with Gasteiger partial charge in [-0.2, -0.15) is 0 Å². The third-order valence-corrected chi connectivity index (χ3v) is 1.55. The van der Waals surface area contributed by atoms with Crippen LogP contribution in [-0.2, 0) is 0 Å². The second-order valence-corrected chi connectivity index (χ2v) is 2.43. The van der Waals surface area contributed by atoms with E-state index in [2.05, 4.69) is 9.97 Å². The zero-order valence-corrected chi connectivity index (χ0v) is 6.68. The van der Waals surface area contributed by atoms with Crippen LogP contribution < -0.4 is 0 Å². The molecule has 13 heavy (non-hydrogen) atoms. The van der Waals surface area contributed by atoms with Gasteiger partial charge in [0.2, 0.25) is 5.89 Å². The fourth-order valence-electron chi connectivity index (χ4n) is 0.964. The summed E-state index contributed by atoms with van der Waals surface area (Å²) in [5.74, 6) is 0.633. The Bertz CT molecular complexity index is 409. The van der Waals surface area contributed by atoms with E-state index >= 15 is 0 Å². The van der Waals surface area contributed by atoms with Crippen LogP contribution in [0.5, 0.6) is 0 Å². The molecule has 0 spiro atoms. The molecule has 4 heteroatoms. The van der Waals surface area contributed by atoms with Crippen molar-refractivity contribution in [3.8, 4) is 11.5 Å². The van der Waals surface area contributed by atoms with Gasteiger partial charge < -0.3 is 4.42 Å². The lowest BCUT2D eigenvalue weighted by Gasteiger charge is -1.91. The van der Waals surface area contributed by atoms with Gasteiger partial charge in [0.15, 0.2) is 12.0 Å². The Labute approximate surface area is 74.2 Å². The van der Waals surface area contributed by atoms with Crippen LogP contribution in [0, 0.1) is 0 Å². The molecule has 0 atom stereocenters. The molecule has 0 radical (unpaired) electrons. The number of nitrogens with zero attached hydrogens (tertiary/aromatic N) is 2. The van der Waals surface area contributed by atoms with Gasteiger partial charge in [-0.3, -0.25) is 9.78 Å². The van der Waals surface area contributed by atoms with Crippen LogP contribution >= 0.6 is 0 Å². The number of aldehydes is 1. The quantitative estimate of drug-likeness (QED) is 0.648. The monoisotopic (exact) mass is 174 g/mol. The molecule has 0 bridgehead atoms. The summed E-state index contributed by atoms with van der Waals surface area (Å²) < 4.78 is 5.10. The van der Waals surface area contributed by atoms with E-state index in [1.165, 1.54) is 6.20 Å². The van der Waals surface area contributed by atoms with Crippen molar-refractivity contribution in [2.24, 2.45) is 0 Å². The van der Waals surface area contributed by atoms with E-state index in [0.29, 0.717) is 12.2 Å². The second kappa shape index (κ2) is 3.18. The normalized spacial score (nSPS) is 9.85. The molecule has 0 aliphatic heterocycles. The number of carbonyl (C=O) groups excluding carboxylic acids is 1. The second-order valence-electron chi connectivity index (χ2n) is 2.43. The molecule has 2 aromatic heterocycles. The van der Waals surface area contributed by atoms with Crippen molar-refractivity contribution in [1.82, 2.24) is 9.97 Å². The number of hydrogen-bond donors (Lipinski definition) is 0. The molecule has 0 fully saturated rings. The number of oxazole rings is 1. The minimum Gasteiger partial charge on any atom is -0.433 e. The van der Waals surface area contributed by atoms with Gasteiger partial charge in [-0.15, -0.1) is 0 Å². The first-order valence-corrected chi connectivity index (χ1v) is 3.71. The molecular formula is C9H6N2O2. The van der Waals surface area contributed by atoms with Gasteiger partial charge in [0.25, 0.3) is 0 Å². The minimum absolute atomic E-state index is 0.221. The van der Waals surface area contributed by atoms with Crippen LogP contribution in [0.2, 0.25) is 0 Å². The van der Waals surface area contributed by atoms with Gasteiger partial charge in [-0.1, -0.05) is 0 Å². The minimum atomic E-state index is 0.221. The standard InChI is InChI=1S/C9H6N2O2/c12-6-8-5-11-9(13-8)7-2-1-3-10-4-7/h1-6H. The average molecular weight is 174 g/mol. The topological polar surface area (TPSA) is 56.0 Å². The van der Waals surface area contributed by atoms with Gasteiger partial charge >= 0.3 is 0 Å². The van der Waals surface area contributed by atoms with Crippen molar-refractivity contribution in [1.29, 1.82) is 0 Å². The van der Waals surface area contributed by atoms with Gasteiger partial charge in [0.05, 0.1) is 11.8 Å². The number of carbonyl (C=O) groups is 1. The molecule has 0 saturated heterocycles. The first-order chi connectivity index (χ1) is 6.40. The summed E-state index contributed by atoms with van der Waals surface area (Å²) in [6.45, 7) is 0. The fourth-order valence-corrected chi connectivity index (χ4v) is 0.964. The maximum Gasteiger partial charge on any atom is 0.228 e. The van der Waals surface area contributed by atoms with Gasteiger partial charge in [0, 0.05) is 12.4 Å². The van der Waals surface area contributed by atoms with Crippen molar-refractivity contribution in [3.05, 3.63) is 36.5 Å². The first-order valence-electron chi connectivity index (χ1n) is 3.71. The molecule has 0 aliphatic carbocycles. The Morgan fingerprint density at radius 3 is 2.92 bits per heavy atom. The lowest BCUT2D eigenvalue weighted by molar-refractivity contribution is 0.110. The van der Waals surface area contributed by atoms with Crippen LogP contribution in [0.15, 0.2) is 35.1 Å². The molecule has 0 amide bonds. The van der Waals surface area contributed by atoms with Crippen molar-refractivity contribution in [2.45, 2.75) is 0 Å². The van der Waals surface area contributed by atoms with Crippen molar-refractivity contribution >= 4 is 6.29 Å². The predicted octanol–water partition coefficient (Wildman–Crippen LogP) is 1.55. The van der Waals surface area contributed by atoms with E-state index in [9.17, 15) is 4.79 Å². The molecule has 0 N–H and O–H groups in total. The highest BCUT2D eigenvalue weighted by molar-refractivity contribution is 5.70. The van der Waals surface area contributed by atoms with Crippen LogP contribution in [0.3, 0.4) is 0 Å². The Balaban J connectivity index is 2.41. The molecule has 0 aromatic carbocycles. The third kappa shape index (κ3) is 1.46. The summed E-state index contributed by atoms with van der Waals surface area (Å²) in [5.41, 5.74) is 0.760. The maximum absolute atomic E-state index is 10.3. The largest absolute Gasteiger partial charge is 0.433 e. The molecule has 64 valence electrons. The third-order valence-electron chi connectivity index (χ3n) is 1.55. The van der Waals surface area contributed by atoms with E-state index in [1.807, 2.05) is 6.07 Å². The molecule has 0 saturated carbocycles. The summed E-state index contributed by atoms with van der Waals surface area (Å²) >= 11 is 0. The molecule has 2 heterocycles. The smallest absolute Gasteiger partial charge is 0.228 e. The highest BCUT2D eigenvalue weighted by Crippen LogP contribution is 2.16. The fraction of sp³-hybridized carbons (Fsp3) is 0. The molecular weight excluding hydrogens is 168 g/mol. The van der Waals surface area contributed by atoms with E-state index < -0.39 is 0 Å². The highest BCUT2D eigenvalue weighted by Gasteiger charge is 2.04. The van der Waals surface area contributed by atoms with E-state index in [1.54, 1.807) is 18.5 Å². The Morgan fingerprint density at radius 2 is 2.31 bits per heavy atom. The molecule has 2 rings (SSSR count). The van der Waals surface area contributed by atoms with Crippen molar-refractivity contribution < 1.29 is 9.21 Å². The Morgan fingerprint density at radius 1 is 1.38 bits per heavy atom. The lowest BCUT2D eigenvalue weighted by atomic mass is 10.3. The van der Waals surface area contributed by atoms with E-state index in [0.717, 1.165) is 5.56 Å². The number of aromatic nitrogens is 2. The van der Waals surface area contributed by atoms with Crippen LogP contribution in [0.4, 0.5) is 0 Å². The molecule has 0 aliphatic rings. The lowest BCUT2D eigenvalue weighted by Crippen LogP contribution is -1.77. The molecule has 0 unspecified atom stereocenters. The van der Waals surface area contributed by atoms with Crippen LogP contribution in [-0.4, -0.2) is 16.3 Å². The predicted molar refractivity (Wildman–Crippen MR) is 45.1 cm³/mol. The van der Waals surface area contributed by atoms with E-state index in [4.69, 9.17) is 4.42 Å². The zero-order chi connectivity index (χ0) is 9.10. The Kier molecular flexibility index (Phi) is 1.88. The van der Waals surface area contributed by atoms with Crippen molar-refractivity contribution in [3.63, 3.8) is 0 Å². The first kappa shape index (κ1) is 7.67. The molecule has 4 nitrogen and oxygen atoms in total. The summed E-state index contributed by atoms with van der Waals surface area (Å²) in [7, 11) is 0. The number of hydrogen-bond acceptors (Lipinski definition) is 4. The van der Waals surface area contributed by atoms with Crippen LogP contribution in [0.25, 0.3) is 11.5 Å². The molecule has 2 aromatic rings. The SMILES string of the molecule is O=Cc1cnc(-c2cccnc2)o1. The van der Waals surface area contributed by atoms with Crippen molar-refractivity contribution in [2.75, 3.05) is 0 Å². The number of rotatable bonds is 2. The summed E-state index contributed by atoms with van der Waals surface area (Å²) in [4.78, 5) is 18.1.